The predicted molar refractivity (Wildman–Crippen MR) is 404 cm³/mol. The van der Waals surface area contributed by atoms with Gasteiger partial charge < -0.3 is 27.5 Å². The van der Waals surface area contributed by atoms with Gasteiger partial charge >= 0.3 is 0 Å². The topological polar surface area (TPSA) is 84.8 Å². The van der Waals surface area contributed by atoms with Gasteiger partial charge in [0.25, 0.3) is 0 Å². The molecule has 21 rings (SSSR count). The van der Waals surface area contributed by atoms with Crippen LogP contribution in [0.1, 0.15) is 0 Å². The van der Waals surface area contributed by atoms with Gasteiger partial charge in [-0.15, -0.1) is 0 Å². The summed E-state index contributed by atoms with van der Waals surface area (Å²) in [5.74, 6) is 1.16. The molecule has 0 fully saturated rings. The molecule has 0 unspecified atom stereocenters. The molecule has 4 aromatic heterocycles. The van der Waals surface area contributed by atoms with Gasteiger partial charge in [0.05, 0.1) is 11.1 Å². The fourth-order valence-corrected chi connectivity index (χ4v) is 15.5. The van der Waals surface area contributed by atoms with Crippen molar-refractivity contribution in [3.63, 3.8) is 0 Å². The molecular formula is C90H52N4O4. The third-order valence-electron chi connectivity index (χ3n) is 20.0. The van der Waals surface area contributed by atoms with E-state index in [2.05, 4.69) is 283 Å². The van der Waals surface area contributed by atoms with Crippen molar-refractivity contribution in [1.82, 2.24) is 9.97 Å². The molecule has 4 heterocycles. The van der Waals surface area contributed by atoms with Crippen molar-refractivity contribution in [3.8, 4) is 34.0 Å². The molecule has 0 amide bonds. The maximum atomic E-state index is 6.98. The zero-order chi connectivity index (χ0) is 64.1. The van der Waals surface area contributed by atoms with E-state index in [9.17, 15) is 0 Å². The lowest BCUT2D eigenvalue weighted by Gasteiger charge is -2.26. The fourth-order valence-electron chi connectivity index (χ4n) is 15.5. The van der Waals surface area contributed by atoms with Gasteiger partial charge in [-0.25, -0.2) is 9.97 Å². The van der Waals surface area contributed by atoms with Crippen LogP contribution < -0.4 is 9.80 Å². The van der Waals surface area contributed by atoms with Gasteiger partial charge in [0.15, 0.2) is 11.2 Å². The van der Waals surface area contributed by atoms with E-state index in [4.69, 9.17) is 27.6 Å². The number of benzene rings is 17. The number of hydrogen-bond acceptors (Lipinski definition) is 8. The summed E-state index contributed by atoms with van der Waals surface area (Å²) in [7, 11) is 0. The van der Waals surface area contributed by atoms with Gasteiger partial charge in [-0.2, -0.15) is 0 Å². The first kappa shape index (κ1) is 54.1. The maximum Gasteiger partial charge on any atom is 0.227 e. The quantitative estimate of drug-likeness (QED) is 0.132. The molecular weight excluding hydrogens is 1200 g/mol. The van der Waals surface area contributed by atoms with Crippen molar-refractivity contribution in [3.05, 3.63) is 315 Å². The van der Waals surface area contributed by atoms with Crippen molar-refractivity contribution in [1.29, 1.82) is 0 Å². The van der Waals surface area contributed by atoms with Crippen LogP contribution in [-0.2, 0) is 0 Å². The number of hydrogen-bond donors (Lipinski definition) is 0. The van der Waals surface area contributed by atoms with Gasteiger partial charge in [0, 0.05) is 77.3 Å². The second-order valence-corrected chi connectivity index (χ2v) is 25.5. The molecule has 0 saturated heterocycles. The molecule has 0 N–H and O–H groups in total. The molecule has 8 heteroatoms. The number of nitrogens with zero attached hydrogens (tertiary/aromatic N) is 4. The molecule has 0 spiro atoms. The number of aromatic nitrogens is 2. The largest absolute Gasteiger partial charge is 0.456 e. The summed E-state index contributed by atoms with van der Waals surface area (Å²) in [6, 6.07) is 112. The number of rotatable bonds is 9. The molecule has 0 aliphatic heterocycles. The van der Waals surface area contributed by atoms with Crippen LogP contribution >= 0.6 is 0 Å². The van der Waals surface area contributed by atoms with Gasteiger partial charge in [-0.1, -0.05) is 194 Å². The lowest BCUT2D eigenvalue weighted by molar-refractivity contribution is 0.622. The summed E-state index contributed by atoms with van der Waals surface area (Å²) in [6.07, 6.45) is 0. The normalized spacial score (nSPS) is 12.1. The maximum absolute atomic E-state index is 6.98. The summed E-state index contributed by atoms with van der Waals surface area (Å²) in [5, 5.41) is 19.6. The zero-order valence-corrected chi connectivity index (χ0v) is 52.4. The Balaban J connectivity index is 0.665. The minimum Gasteiger partial charge on any atom is -0.456 e. The molecule has 0 aliphatic carbocycles. The van der Waals surface area contributed by atoms with E-state index in [1.807, 2.05) is 42.5 Å². The van der Waals surface area contributed by atoms with E-state index in [0.717, 1.165) is 192 Å². The number of para-hydroxylation sites is 2. The smallest absolute Gasteiger partial charge is 0.227 e. The number of fused-ring (bicyclic) bond motifs is 23. The third kappa shape index (κ3) is 8.31. The summed E-state index contributed by atoms with van der Waals surface area (Å²) in [4.78, 5) is 15.3. The van der Waals surface area contributed by atoms with E-state index in [1.165, 1.54) is 5.39 Å². The average molecular weight is 1250 g/mol. The fraction of sp³-hybridized carbons (Fsp3) is 0. The molecule has 0 radical (unpaired) electrons. The highest BCUT2D eigenvalue weighted by atomic mass is 16.4. The van der Waals surface area contributed by atoms with Crippen LogP contribution in [0.4, 0.5) is 34.1 Å². The van der Waals surface area contributed by atoms with Crippen LogP contribution in [-0.4, -0.2) is 9.97 Å². The first-order valence-electron chi connectivity index (χ1n) is 33.1. The van der Waals surface area contributed by atoms with Crippen LogP contribution in [0, 0.1) is 0 Å². The van der Waals surface area contributed by atoms with Crippen LogP contribution in [0.2, 0.25) is 0 Å². The van der Waals surface area contributed by atoms with Crippen LogP contribution in [0.3, 0.4) is 0 Å². The lowest BCUT2D eigenvalue weighted by atomic mass is 9.94. The molecule has 456 valence electrons. The van der Waals surface area contributed by atoms with Gasteiger partial charge in [-0.05, 0) is 186 Å². The first-order valence-corrected chi connectivity index (χ1v) is 33.1. The Bertz CT molecular complexity index is 6900. The second kappa shape index (κ2) is 21.1. The Morgan fingerprint density at radius 2 is 0.694 bits per heavy atom. The van der Waals surface area contributed by atoms with Gasteiger partial charge in [0.1, 0.15) is 33.4 Å². The minimum atomic E-state index is 0.551. The van der Waals surface area contributed by atoms with Crippen molar-refractivity contribution in [2.75, 3.05) is 9.80 Å². The Kier molecular flexibility index (Phi) is 11.7. The third-order valence-corrected chi connectivity index (χ3v) is 20.0. The first-order chi connectivity index (χ1) is 48.5. The molecule has 0 aliphatic rings. The second-order valence-electron chi connectivity index (χ2n) is 25.5. The number of oxazole rings is 2. The Hall–Kier alpha value is -13.3. The highest BCUT2D eigenvalue weighted by Crippen LogP contribution is 2.49. The van der Waals surface area contributed by atoms with Crippen molar-refractivity contribution in [2.45, 2.75) is 0 Å². The van der Waals surface area contributed by atoms with E-state index < -0.39 is 0 Å². The predicted octanol–water partition coefficient (Wildman–Crippen LogP) is 25.8. The van der Waals surface area contributed by atoms with Crippen molar-refractivity contribution in [2.24, 2.45) is 0 Å². The van der Waals surface area contributed by atoms with Crippen molar-refractivity contribution >= 4 is 176 Å². The van der Waals surface area contributed by atoms with Gasteiger partial charge in [0.2, 0.25) is 11.8 Å². The zero-order valence-electron chi connectivity index (χ0n) is 52.4. The van der Waals surface area contributed by atoms with E-state index in [0.29, 0.717) is 11.8 Å². The molecule has 8 nitrogen and oxygen atoms in total. The molecule has 21 aromatic rings. The summed E-state index contributed by atoms with van der Waals surface area (Å²) < 4.78 is 26.9. The molecule has 0 bridgehead atoms. The van der Waals surface area contributed by atoms with Crippen LogP contribution in [0.25, 0.3) is 176 Å². The van der Waals surface area contributed by atoms with Crippen LogP contribution in [0.5, 0.6) is 0 Å². The Morgan fingerprint density at radius 1 is 0.214 bits per heavy atom. The summed E-state index contributed by atoms with van der Waals surface area (Å²) in [6.45, 7) is 0. The monoisotopic (exact) mass is 1250 g/mol. The number of furan rings is 2. The number of anilines is 6. The molecule has 98 heavy (non-hydrogen) atoms. The minimum absolute atomic E-state index is 0.551. The van der Waals surface area contributed by atoms with E-state index >= 15 is 0 Å². The van der Waals surface area contributed by atoms with E-state index in [-0.39, 0.29) is 0 Å². The van der Waals surface area contributed by atoms with Crippen molar-refractivity contribution < 1.29 is 17.7 Å². The lowest BCUT2D eigenvalue weighted by Crippen LogP contribution is -2.10. The molecule has 17 aromatic carbocycles. The molecule has 0 saturated carbocycles. The average Bonchev–Trinajstić information content (AvgIpc) is 1.32. The summed E-state index contributed by atoms with van der Waals surface area (Å²) >= 11 is 0. The van der Waals surface area contributed by atoms with E-state index in [1.54, 1.807) is 0 Å². The highest BCUT2D eigenvalue weighted by Gasteiger charge is 2.25. The SMILES string of the molecule is c1ccc(-c2nc3c4ccc5ccc(N(c6ccc7ccccc7c6)c6ccc7oc8cc(-c9cccc(-c%10nc%11c%12ccc%13ccc(N(c%14ccccc%14)c%14cccc%15oc%16ccccc%16c%14%15)cc%13c%12c%12ccccc%12c%11o%10)c9)ccc8c7c6)cc5c4c4ccccc4c3o2)cc1. The Labute approximate surface area is 559 Å². The standard InChI is InChI=1S/C90H52N4O4/c1-3-18-56(19-4-1)89-91-85-72-44-36-54-34-40-63(50-74(54)82(72)67-25-9-11-27-69(67)87(85)97-89)93(62-39-33-53-17-7-8-20-58(53)48-62)64-42-46-79-76(52-64)66-43-38-59(49-81(66)96-79)57-21-15-22-60(47-57)90-92-86-73-45-37-55-35-41-65(51-75(55)83(73)68-26-10-12-28-70(68)88(86)98-90)94(61-23-5-2-6-24-61)77-30-16-32-80-84(77)71-29-13-14-31-78(71)95-80/h1-52H. The van der Waals surface area contributed by atoms with Gasteiger partial charge in [-0.3, -0.25) is 0 Å². The highest BCUT2D eigenvalue weighted by molar-refractivity contribution is 6.32. The Morgan fingerprint density at radius 3 is 1.40 bits per heavy atom. The summed E-state index contributed by atoms with van der Waals surface area (Å²) in [5.41, 5.74) is 16.5. The van der Waals surface area contributed by atoms with Crippen LogP contribution in [0.15, 0.2) is 333 Å². The molecule has 0 atom stereocenters.